The molecule has 1 aliphatic rings. The predicted molar refractivity (Wildman–Crippen MR) is 51.0 cm³/mol. The molecule has 82 valence electrons. The number of rotatable bonds is 3. The highest BCUT2D eigenvalue weighted by Crippen LogP contribution is 2.02. The molecule has 1 aliphatic heterocycles. The minimum Gasteiger partial charge on any atom is -0.478 e. The van der Waals surface area contributed by atoms with Crippen molar-refractivity contribution < 1.29 is 19.5 Å². The van der Waals surface area contributed by atoms with Gasteiger partial charge in [-0.1, -0.05) is 6.08 Å². The van der Waals surface area contributed by atoms with Crippen LogP contribution in [0, 0.1) is 0 Å². The van der Waals surface area contributed by atoms with E-state index in [2.05, 4.69) is 0 Å². The molecule has 0 bridgehead atoms. The lowest BCUT2D eigenvalue weighted by Crippen LogP contribution is -2.52. The number of nitrogens with zero attached hydrogens (tertiary/aromatic N) is 2. The van der Waals surface area contributed by atoms with Crippen molar-refractivity contribution in [3.63, 3.8) is 0 Å². The third-order valence-corrected chi connectivity index (χ3v) is 2.11. The average molecular weight is 212 g/mol. The minimum atomic E-state index is -1.07. The van der Waals surface area contributed by atoms with Crippen molar-refractivity contribution >= 4 is 17.8 Å². The summed E-state index contributed by atoms with van der Waals surface area (Å²) in [4.78, 5) is 35.4. The van der Waals surface area contributed by atoms with Crippen molar-refractivity contribution in [2.75, 3.05) is 26.7 Å². The SMILES string of the molecule is CN1CCN(C/C=C/C(=O)O)C(=O)C1=O. The van der Waals surface area contributed by atoms with E-state index in [-0.39, 0.29) is 6.54 Å². The van der Waals surface area contributed by atoms with Crippen molar-refractivity contribution in [1.82, 2.24) is 9.80 Å². The lowest BCUT2D eigenvalue weighted by Gasteiger charge is -2.30. The maximum absolute atomic E-state index is 11.4. The van der Waals surface area contributed by atoms with E-state index in [1.165, 1.54) is 15.9 Å². The van der Waals surface area contributed by atoms with Crippen molar-refractivity contribution in [3.05, 3.63) is 12.2 Å². The zero-order valence-electron chi connectivity index (χ0n) is 8.34. The van der Waals surface area contributed by atoms with E-state index < -0.39 is 17.8 Å². The number of carbonyl (C=O) groups is 3. The van der Waals surface area contributed by atoms with Gasteiger partial charge in [0, 0.05) is 32.8 Å². The van der Waals surface area contributed by atoms with Crippen molar-refractivity contribution in [3.8, 4) is 0 Å². The first-order chi connectivity index (χ1) is 7.02. The summed E-state index contributed by atoms with van der Waals surface area (Å²) in [5.74, 6) is -2.20. The number of piperazine rings is 1. The van der Waals surface area contributed by atoms with Gasteiger partial charge in [0.25, 0.3) is 0 Å². The number of carbonyl (C=O) groups excluding carboxylic acids is 2. The Hall–Kier alpha value is -1.85. The molecule has 0 unspecified atom stereocenters. The second-order valence-electron chi connectivity index (χ2n) is 3.22. The summed E-state index contributed by atoms with van der Waals surface area (Å²) in [6.07, 6.45) is 2.30. The van der Waals surface area contributed by atoms with Crippen LogP contribution >= 0.6 is 0 Å². The Bertz CT molecular complexity index is 324. The highest BCUT2D eigenvalue weighted by atomic mass is 16.4. The smallest absolute Gasteiger partial charge is 0.328 e. The molecule has 1 heterocycles. The van der Waals surface area contributed by atoms with Crippen LogP contribution < -0.4 is 0 Å². The number of likely N-dealkylation sites (N-methyl/N-ethyl adjacent to an activating group) is 1. The summed E-state index contributed by atoms with van der Waals surface area (Å²) in [5, 5.41) is 8.34. The first-order valence-electron chi connectivity index (χ1n) is 4.46. The van der Waals surface area contributed by atoms with Crippen LogP contribution in [-0.2, 0) is 14.4 Å². The molecular weight excluding hydrogens is 200 g/mol. The molecule has 0 aromatic carbocycles. The largest absolute Gasteiger partial charge is 0.478 e. The third-order valence-electron chi connectivity index (χ3n) is 2.11. The second kappa shape index (κ2) is 4.59. The summed E-state index contributed by atoms with van der Waals surface area (Å²) in [5.41, 5.74) is 0. The molecule has 6 heteroatoms. The first-order valence-corrected chi connectivity index (χ1v) is 4.46. The van der Waals surface area contributed by atoms with E-state index in [4.69, 9.17) is 5.11 Å². The van der Waals surface area contributed by atoms with Gasteiger partial charge in [-0.15, -0.1) is 0 Å². The van der Waals surface area contributed by atoms with Crippen LogP contribution in [0.15, 0.2) is 12.2 Å². The van der Waals surface area contributed by atoms with Gasteiger partial charge in [0.15, 0.2) is 0 Å². The standard InChI is InChI=1S/C9H12N2O4/c1-10-5-6-11(9(15)8(10)14)4-2-3-7(12)13/h2-3H,4-6H2,1H3,(H,12,13)/b3-2+. The Kier molecular flexibility index (Phi) is 3.43. The van der Waals surface area contributed by atoms with Gasteiger partial charge in [-0.05, 0) is 0 Å². The van der Waals surface area contributed by atoms with Crippen molar-refractivity contribution in [1.29, 1.82) is 0 Å². The molecule has 1 saturated heterocycles. The van der Waals surface area contributed by atoms with E-state index in [0.717, 1.165) is 6.08 Å². The molecule has 6 nitrogen and oxygen atoms in total. The summed E-state index contributed by atoms with van der Waals surface area (Å²) < 4.78 is 0. The Balaban J connectivity index is 2.54. The van der Waals surface area contributed by atoms with Gasteiger partial charge < -0.3 is 14.9 Å². The molecule has 0 aromatic rings. The summed E-state index contributed by atoms with van der Waals surface area (Å²) in [6, 6.07) is 0. The zero-order valence-corrected chi connectivity index (χ0v) is 8.34. The molecule has 0 aliphatic carbocycles. The van der Waals surface area contributed by atoms with Crippen LogP contribution in [0.5, 0.6) is 0 Å². The fraction of sp³-hybridized carbons (Fsp3) is 0.444. The van der Waals surface area contributed by atoms with Crippen LogP contribution in [0.3, 0.4) is 0 Å². The van der Waals surface area contributed by atoms with E-state index in [0.29, 0.717) is 13.1 Å². The third kappa shape index (κ3) is 2.80. The van der Waals surface area contributed by atoms with Crippen LogP contribution in [0.4, 0.5) is 0 Å². The highest BCUT2D eigenvalue weighted by Gasteiger charge is 2.29. The number of carboxylic acids is 1. The van der Waals surface area contributed by atoms with Gasteiger partial charge in [-0.3, -0.25) is 9.59 Å². The molecule has 2 amide bonds. The maximum atomic E-state index is 11.4. The molecule has 1 fully saturated rings. The molecule has 0 aromatic heterocycles. The monoisotopic (exact) mass is 212 g/mol. The van der Waals surface area contributed by atoms with Gasteiger partial charge in [0.2, 0.25) is 0 Å². The van der Waals surface area contributed by atoms with E-state index in [1.807, 2.05) is 0 Å². The molecule has 0 radical (unpaired) electrons. The average Bonchev–Trinajstić information content (AvgIpc) is 2.18. The molecule has 0 spiro atoms. The maximum Gasteiger partial charge on any atom is 0.328 e. The summed E-state index contributed by atoms with van der Waals surface area (Å²) >= 11 is 0. The van der Waals surface area contributed by atoms with Gasteiger partial charge in [0.05, 0.1) is 0 Å². The number of carboxylic acid groups (broad SMARTS) is 1. The lowest BCUT2D eigenvalue weighted by atomic mass is 10.3. The summed E-state index contributed by atoms with van der Waals surface area (Å²) in [7, 11) is 1.56. The van der Waals surface area contributed by atoms with Crippen LogP contribution in [0.2, 0.25) is 0 Å². The van der Waals surface area contributed by atoms with Gasteiger partial charge >= 0.3 is 17.8 Å². The fourth-order valence-electron chi connectivity index (χ4n) is 1.23. The normalized spacial score (nSPS) is 17.7. The molecular formula is C9H12N2O4. The number of hydrogen-bond acceptors (Lipinski definition) is 3. The van der Waals surface area contributed by atoms with E-state index in [1.54, 1.807) is 7.05 Å². The Morgan fingerprint density at radius 3 is 2.67 bits per heavy atom. The quantitative estimate of drug-likeness (QED) is 0.477. The fourth-order valence-corrected chi connectivity index (χ4v) is 1.23. The first kappa shape index (κ1) is 11.2. The molecule has 15 heavy (non-hydrogen) atoms. The predicted octanol–water partition coefficient (Wildman–Crippen LogP) is -1.07. The van der Waals surface area contributed by atoms with Crippen molar-refractivity contribution in [2.45, 2.75) is 0 Å². The highest BCUT2D eigenvalue weighted by molar-refractivity contribution is 6.35. The molecule has 1 rings (SSSR count). The van der Waals surface area contributed by atoms with Gasteiger partial charge in [-0.25, -0.2) is 4.79 Å². The Morgan fingerprint density at radius 1 is 1.40 bits per heavy atom. The van der Waals surface area contributed by atoms with Gasteiger partial charge in [0.1, 0.15) is 0 Å². The molecule has 0 atom stereocenters. The van der Waals surface area contributed by atoms with E-state index in [9.17, 15) is 14.4 Å². The number of aliphatic carboxylic acids is 1. The summed E-state index contributed by atoms with van der Waals surface area (Å²) in [6.45, 7) is 1.07. The van der Waals surface area contributed by atoms with Crippen LogP contribution in [0.25, 0.3) is 0 Å². The number of amides is 2. The van der Waals surface area contributed by atoms with Crippen LogP contribution in [-0.4, -0.2) is 59.4 Å². The topological polar surface area (TPSA) is 77.9 Å². The molecule has 0 saturated carbocycles. The lowest BCUT2D eigenvalue weighted by molar-refractivity contribution is -0.154. The van der Waals surface area contributed by atoms with Crippen molar-refractivity contribution in [2.24, 2.45) is 0 Å². The number of hydrogen-bond donors (Lipinski definition) is 1. The van der Waals surface area contributed by atoms with Crippen LogP contribution in [0.1, 0.15) is 0 Å². The second-order valence-corrected chi connectivity index (χ2v) is 3.22. The Labute approximate surface area is 86.8 Å². The molecule has 1 N–H and O–H groups in total. The Morgan fingerprint density at radius 2 is 2.07 bits per heavy atom. The zero-order chi connectivity index (χ0) is 11.4. The van der Waals surface area contributed by atoms with E-state index >= 15 is 0 Å². The minimum absolute atomic E-state index is 0.157. The van der Waals surface area contributed by atoms with Gasteiger partial charge in [-0.2, -0.15) is 0 Å².